The molecule has 1 heterocycles. The zero-order valence-electron chi connectivity index (χ0n) is 11.2. The fourth-order valence-corrected chi connectivity index (χ4v) is 2.47. The van der Waals surface area contributed by atoms with Crippen LogP contribution in [0, 0.1) is 11.8 Å². The van der Waals surface area contributed by atoms with Gasteiger partial charge in [0.05, 0.1) is 0 Å². The summed E-state index contributed by atoms with van der Waals surface area (Å²) in [4.78, 5) is 11.8. The van der Waals surface area contributed by atoms with Gasteiger partial charge in [0.2, 0.25) is 5.91 Å². The van der Waals surface area contributed by atoms with E-state index in [2.05, 4.69) is 24.1 Å². The maximum atomic E-state index is 11.8. The largest absolute Gasteiger partial charge is 0.353 e. The van der Waals surface area contributed by atoms with Crippen molar-refractivity contribution in [2.45, 2.75) is 45.6 Å². The molecule has 2 N–H and O–H groups in total. The summed E-state index contributed by atoms with van der Waals surface area (Å²) in [5.41, 5.74) is 0. The van der Waals surface area contributed by atoms with E-state index in [0.29, 0.717) is 18.3 Å². The zero-order chi connectivity index (χ0) is 12.7. The Hall–Kier alpha value is -0.830. The van der Waals surface area contributed by atoms with E-state index in [1.807, 2.05) is 13.0 Å². The van der Waals surface area contributed by atoms with Crippen molar-refractivity contribution in [1.82, 2.24) is 10.6 Å². The summed E-state index contributed by atoms with van der Waals surface area (Å²) < 4.78 is 0. The molecule has 0 aliphatic carbocycles. The van der Waals surface area contributed by atoms with Crippen LogP contribution >= 0.6 is 0 Å². The van der Waals surface area contributed by atoms with E-state index >= 15 is 0 Å². The summed E-state index contributed by atoms with van der Waals surface area (Å²) >= 11 is 0. The summed E-state index contributed by atoms with van der Waals surface area (Å²) in [5, 5.41) is 6.43. The second-order valence-electron chi connectivity index (χ2n) is 5.28. The Kier molecular flexibility index (Phi) is 6.27. The molecule has 0 radical (unpaired) electrons. The molecule has 3 nitrogen and oxygen atoms in total. The lowest BCUT2D eigenvalue weighted by Crippen LogP contribution is -2.37. The van der Waals surface area contributed by atoms with Gasteiger partial charge < -0.3 is 10.6 Å². The fourth-order valence-electron chi connectivity index (χ4n) is 2.47. The van der Waals surface area contributed by atoms with E-state index in [1.54, 1.807) is 0 Å². The Morgan fingerprint density at radius 3 is 2.94 bits per heavy atom. The fraction of sp³-hybridized carbons (Fsp3) is 0.786. The van der Waals surface area contributed by atoms with Gasteiger partial charge in [-0.15, -0.1) is 6.58 Å². The highest BCUT2D eigenvalue weighted by Gasteiger charge is 2.22. The van der Waals surface area contributed by atoms with Crippen molar-refractivity contribution >= 4 is 5.91 Å². The van der Waals surface area contributed by atoms with E-state index in [4.69, 9.17) is 0 Å². The average Bonchev–Trinajstić information content (AvgIpc) is 2.30. The van der Waals surface area contributed by atoms with Crippen molar-refractivity contribution in [3.05, 3.63) is 12.7 Å². The number of nitrogens with one attached hydrogen (secondary N) is 2. The molecule has 1 rings (SSSR count). The average molecular weight is 238 g/mol. The summed E-state index contributed by atoms with van der Waals surface area (Å²) in [6.07, 6.45) is 5.82. The number of carbonyl (C=O) groups is 1. The van der Waals surface area contributed by atoms with Crippen LogP contribution in [0.2, 0.25) is 0 Å². The van der Waals surface area contributed by atoms with Crippen LogP contribution in [0.3, 0.4) is 0 Å². The number of hydrogen-bond acceptors (Lipinski definition) is 2. The topological polar surface area (TPSA) is 41.1 Å². The molecule has 0 aromatic carbocycles. The standard InChI is InChI=1S/C14H26N2O/c1-4-6-12(3)16-14(17)9-11(2)13-7-5-8-15-10-13/h4,11-13,15H,1,5-10H2,2-3H3,(H,16,17). The van der Waals surface area contributed by atoms with Crippen LogP contribution in [0.25, 0.3) is 0 Å². The molecule has 1 fully saturated rings. The van der Waals surface area contributed by atoms with Gasteiger partial charge in [-0.05, 0) is 51.1 Å². The molecule has 3 heteroatoms. The van der Waals surface area contributed by atoms with Gasteiger partial charge >= 0.3 is 0 Å². The summed E-state index contributed by atoms with van der Waals surface area (Å²) in [6.45, 7) is 10.1. The third-order valence-electron chi connectivity index (χ3n) is 3.57. The summed E-state index contributed by atoms with van der Waals surface area (Å²) in [6, 6.07) is 0.205. The summed E-state index contributed by atoms with van der Waals surface area (Å²) in [5.74, 6) is 1.31. The first-order valence-electron chi connectivity index (χ1n) is 6.74. The molecular weight excluding hydrogens is 212 g/mol. The van der Waals surface area contributed by atoms with Crippen LogP contribution in [-0.2, 0) is 4.79 Å². The molecular formula is C14H26N2O. The maximum absolute atomic E-state index is 11.8. The number of rotatable bonds is 6. The smallest absolute Gasteiger partial charge is 0.220 e. The molecule has 0 aromatic rings. The zero-order valence-corrected chi connectivity index (χ0v) is 11.2. The Balaban J connectivity index is 2.26. The molecule has 1 aliphatic heterocycles. The van der Waals surface area contributed by atoms with Gasteiger partial charge in [0.1, 0.15) is 0 Å². The Labute approximate surface area is 105 Å². The lowest BCUT2D eigenvalue weighted by Gasteiger charge is -2.28. The molecule has 0 aromatic heterocycles. The minimum atomic E-state index is 0.178. The molecule has 1 aliphatic rings. The molecule has 1 saturated heterocycles. The van der Waals surface area contributed by atoms with Crippen molar-refractivity contribution in [2.75, 3.05) is 13.1 Å². The molecule has 17 heavy (non-hydrogen) atoms. The van der Waals surface area contributed by atoms with Crippen molar-refractivity contribution in [3.63, 3.8) is 0 Å². The van der Waals surface area contributed by atoms with Gasteiger partial charge in [-0.3, -0.25) is 4.79 Å². The third-order valence-corrected chi connectivity index (χ3v) is 3.57. The normalized spacial score (nSPS) is 23.8. The molecule has 3 atom stereocenters. The van der Waals surface area contributed by atoms with Crippen molar-refractivity contribution in [1.29, 1.82) is 0 Å². The maximum Gasteiger partial charge on any atom is 0.220 e. The second-order valence-corrected chi connectivity index (χ2v) is 5.28. The van der Waals surface area contributed by atoms with Gasteiger partial charge in [0.25, 0.3) is 0 Å². The first-order valence-corrected chi connectivity index (χ1v) is 6.74. The molecule has 98 valence electrons. The van der Waals surface area contributed by atoms with Crippen molar-refractivity contribution in [2.24, 2.45) is 11.8 Å². The number of carbonyl (C=O) groups excluding carboxylic acids is 1. The van der Waals surface area contributed by atoms with Gasteiger partial charge in [0, 0.05) is 12.5 Å². The Bertz CT molecular complexity index is 247. The highest BCUT2D eigenvalue weighted by Crippen LogP contribution is 2.22. The molecule has 3 unspecified atom stereocenters. The van der Waals surface area contributed by atoms with Crippen LogP contribution < -0.4 is 10.6 Å². The monoisotopic (exact) mass is 238 g/mol. The van der Waals surface area contributed by atoms with Gasteiger partial charge in [-0.2, -0.15) is 0 Å². The third kappa shape index (κ3) is 5.35. The van der Waals surface area contributed by atoms with Crippen LogP contribution in [0.5, 0.6) is 0 Å². The van der Waals surface area contributed by atoms with Gasteiger partial charge in [0.15, 0.2) is 0 Å². The lowest BCUT2D eigenvalue weighted by atomic mass is 9.85. The van der Waals surface area contributed by atoms with Gasteiger partial charge in [-0.25, -0.2) is 0 Å². The van der Waals surface area contributed by atoms with E-state index in [9.17, 15) is 4.79 Å². The first-order chi connectivity index (χ1) is 8.13. The van der Waals surface area contributed by atoms with E-state index in [0.717, 1.165) is 19.5 Å². The van der Waals surface area contributed by atoms with Crippen LogP contribution in [0.4, 0.5) is 0 Å². The summed E-state index contributed by atoms with van der Waals surface area (Å²) in [7, 11) is 0. The quantitative estimate of drug-likeness (QED) is 0.696. The predicted molar refractivity (Wildman–Crippen MR) is 71.8 cm³/mol. The molecule has 0 bridgehead atoms. The number of amides is 1. The minimum Gasteiger partial charge on any atom is -0.353 e. The lowest BCUT2D eigenvalue weighted by molar-refractivity contribution is -0.122. The molecule has 0 saturated carbocycles. The Morgan fingerprint density at radius 2 is 2.35 bits per heavy atom. The van der Waals surface area contributed by atoms with E-state index < -0.39 is 0 Å². The Morgan fingerprint density at radius 1 is 1.59 bits per heavy atom. The van der Waals surface area contributed by atoms with E-state index in [-0.39, 0.29) is 11.9 Å². The minimum absolute atomic E-state index is 0.178. The SMILES string of the molecule is C=CCC(C)NC(=O)CC(C)C1CCCNC1. The van der Waals surface area contributed by atoms with Crippen LogP contribution in [-0.4, -0.2) is 25.0 Å². The first kappa shape index (κ1) is 14.2. The van der Waals surface area contributed by atoms with Gasteiger partial charge in [-0.1, -0.05) is 13.0 Å². The van der Waals surface area contributed by atoms with E-state index in [1.165, 1.54) is 12.8 Å². The molecule has 1 amide bonds. The number of hydrogen-bond donors (Lipinski definition) is 2. The number of piperidine rings is 1. The highest BCUT2D eigenvalue weighted by atomic mass is 16.1. The predicted octanol–water partition coefficient (Wildman–Crippen LogP) is 2.09. The van der Waals surface area contributed by atoms with Crippen molar-refractivity contribution < 1.29 is 4.79 Å². The molecule has 0 spiro atoms. The van der Waals surface area contributed by atoms with Crippen LogP contribution in [0.1, 0.15) is 39.5 Å². The van der Waals surface area contributed by atoms with Crippen molar-refractivity contribution in [3.8, 4) is 0 Å². The van der Waals surface area contributed by atoms with Crippen LogP contribution in [0.15, 0.2) is 12.7 Å². The highest BCUT2D eigenvalue weighted by molar-refractivity contribution is 5.76. The second kappa shape index (κ2) is 7.49.